The predicted octanol–water partition coefficient (Wildman–Crippen LogP) is 2.16. The maximum Gasteiger partial charge on any atom is 0.222 e. The van der Waals surface area contributed by atoms with Crippen molar-refractivity contribution in [1.82, 2.24) is 9.97 Å². The van der Waals surface area contributed by atoms with E-state index in [4.69, 9.17) is 10.2 Å². The van der Waals surface area contributed by atoms with E-state index in [9.17, 15) is 0 Å². The molecule has 5 heteroatoms. The van der Waals surface area contributed by atoms with Crippen LogP contribution < -0.4 is 10.6 Å². The molecule has 90 valence electrons. The molecule has 0 saturated carbocycles. The van der Waals surface area contributed by atoms with Gasteiger partial charge in [0.05, 0.1) is 18.2 Å². The van der Waals surface area contributed by atoms with Gasteiger partial charge in [-0.2, -0.15) is 4.98 Å². The van der Waals surface area contributed by atoms with Crippen LogP contribution in [0.4, 0.5) is 11.8 Å². The molecule has 0 radical (unpaired) electrons. The van der Waals surface area contributed by atoms with Crippen molar-refractivity contribution >= 4 is 11.8 Å². The zero-order chi connectivity index (χ0) is 12.3. The van der Waals surface area contributed by atoms with Crippen molar-refractivity contribution in [2.24, 2.45) is 0 Å². The van der Waals surface area contributed by atoms with Crippen LogP contribution in [0.15, 0.2) is 29.1 Å². The number of hydrogen-bond donors (Lipinski definition) is 1. The van der Waals surface area contributed by atoms with E-state index >= 15 is 0 Å². The van der Waals surface area contributed by atoms with E-state index in [1.165, 1.54) is 0 Å². The number of hydrogen-bond acceptors (Lipinski definition) is 5. The van der Waals surface area contributed by atoms with Gasteiger partial charge in [-0.15, -0.1) is 0 Å². The minimum Gasteiger partial charge on any atom is -0.472 e. The Morgan fingerprint density at radius 2 is 2.06 bits per heavy atom. The lowest BCUT2D eigenvalue weighted by Gasteiger charge is -2.20. The first-order valence-electron chi connectivity index (χ1n) is 5.66. The Bertz CT molecular complexity index is 477. The summed E-state index contributed by atoms with van der Waals surface area (Å²) in [4.78, 5) is 10.6. The Morgan fingerprint density at radius 3 is 2.65 bits per heavy atom. The third-order valence-corrected chi connectivity index (χ3v) is 2.63. The molecule has 0 saturated heterocycles. The molecule has 0 spiro atoms. The van der Waals surface area contributed by atoms with Gasteiger partial charge in [-0.3, -0.25) is 0 Å². The third-order valence-electron chi connectivity index (χ3n) is 2.63. The van der Waals surface area contributed by atoms with Crippen LogP contribution in [0.25, 0.3) is 11.3 Å². The van der Waals surface area contributed by atoms with Crippen LogP contribution in [0.2, 0.25) is 0 Å². The van der Waals surface area contributed by atoms with Crippen LogP contribution >= 0.6 is 0 Å². The van der Waals surface area contributed by atoms with Crippen molar-refractivity contribution in [2.75, 3.05) is 23.7 Å². The number of nitrogens with zero attached hydrogens (tertiary/aromatic N) is 3. The fourth-order valence-corrected chi connectivity index (χ4v) is 1.72. The van der Waals surface area contributed by atoms with Gasteiger partial charge in [-0.05, 0) is 19.9 Å². The predicted molar refractivity (Wildman–Crippen MR) is 67.7 cm³/mol. The number of nitrogens with two attached hydrogens (primary N) is 1. The van der Waals surface area contributed by atoms with E-state index in [-0.39, 0.29) is 5.95 Å². The fraction of sp³-hybridized carbons (Fsp3) is 0.333. The number of furan rings is 1. The van der Waals surface area contributed by atoms with Crippen LogP contribution in [0, 0.1) is 0 Å². The van der Waals surface area contributed by atoms with Gasteiger partial charge in [0.15, 0.2) is 0 Å². The van der Waals surface area contributed by atoms with Crippen molar-refractivity contribution in [2.45, 2.75) is 13.8 Å². The van der Waals surface area contributed by atoms with E-state index in [0.29, 0.717) is 0 Å². The van der Waals surface area contributed by atoms with Crippen molar-refractivity contribution in [3.8, 4) is 11.3 Å². The maximum absolute atomic E-state index is 5.73. The monoisotopic (exact) mass is 232 g/mol. The van der Waals surface area contributed by atoms with Gasteiger partial charge >= 0.3 is 0 Å². The van der Waals surface area contributed by atoms with Crippen molar-refractivity contribution in [3.63, 3.8) is 0 Å². The molecule has 2 rings (SSSR count). The summed E-state index contributed by atoms with van der Waals surface area (Å²) in [6.07, 6.45) is 3.26. The minimum atomic E-state index is 0.283. The Balaban J connectivity index is 2.42. The molecule has 0 unspecified atom stereocenters. The SMILES string of the molecule is CCN(CC)c1cc(-c2ccoc2)nc(N)n1. The highest BCUT2D eigenvalue weighted by Crippen LogP contribution is 2.22. The first-order valence-corrected chi connectivity index (χ1v) is 5.66. The highest BCUT2D eigenvalue weighted by atomic mass is 16.3. The molecule has 5 nitrogen and oxygen atoms in total. The van der Waals surface area contributed by atoms with Gasteiger partial charge in [0.25, 0.3) is 0 Å². The summed E-state index contributed by atoms with van der Waals surface area (Å²) < 4.78 is 5.05. The summed E-state index contributed by atoms with van der Waals surface area (Å²) >= 11 is 0. The third kappa shape index (κ3) is 2.38. The molecular formula is C12H16N4O. The summed E-state index contributed by atoms with van der Waals surface area (Å²) in [7, 11) is 0. The smallest absolute Gasteiger partial charge is 0.222 e. The molecule has 0 bridgehead atoms. The summed E-state index contributed by atoms with van der Waals surface area (Å²) in [6.45, 7) is 5.94. The van der Waals surface area contributed by atoms with Crippen molar-refractivity contribution in [1.29, 1.82) is 0 Å². The van der Waals surface area contributed by atoms with E-state index in [1.807, 2.05) is 12.1 Å². The summed E-state index contributed by atoms with van der Waals surface area (Å²) in [5.41, 5.74) is 7.43. The second-order valence-electron chi connectivity index (χ2n) is 3.65. The molecule has 0 aromatic carbocycles. The molecule has 17 heavy (non-hydrogen) atoms. The molecule has 0 aliphatic carbocycles. The normalized spacial score (nSPS) is 10.5. The quantitative estimate of drug-likeness (QED) is 0.874. The second-order valence-corrected chi connectivity index (χ2v) is 3.65. The van der Waals surface area contributed by atoms with Gasteiger partial charge in [0.1, 0.15) is 5.82 Å². The highest BCUT2D eigenvalue weighted by Gasteiger charge is 2.09. The zero-order valence-electron chi connectivity index (χ0n) is 10.1. The molecular weight excluding hydrogens is 216 g/mol. The molecule has 0 fully saturated rings. The van der Waals surface area contributed by atoms with E-state index in [0.717, 1.165) is 30.2 Å². The molecule has 0 aliphatic heterocycles. The summed E-state index contributed by atoms with van der Waals surface area (Å²) in [5.74, 6) is 1.13. The Hall–Kier alpha value is -2.04. The minimum absolute atomic E-state index is 0.283. The van der Waals surface area contributed by atoms with Crippen molar-refractivity contribution < 1.29 is 4.42 Å². The Labute approximate surface area is 100 Å². The number of aromatic nitrogens is 2. The van der Waals surface area contributed by atoms with Crippen molar-refractivity contribution in [3.05, 3.63) is 24.7 Å². The van der Waals surface area contributed by atoms with Crippen LogP contribution in [0.1, 0.15) is 13.8 Å². The summed E-state index contributed by atoms with van der Waals surface area (Å²) in [6, 6.07) is 3.78. The van der Waals surface area contributed by atoms with Crippen LogP contribution in [0.3, 0.4) is 0 Å². The molecule has 0 atom stereocenters. The van der Waals surface area contributed by atoms with Crippen LogP contribution in [-0.2, 0) is 0 Å². The van der Waals surface area contributed by atoms with E-state index < -0.39 is 0 Å². The topological polar surface area (TPSA) is 68.2 Å². The number of rotatable bonds is 4. The standard InChI is InChI=1S/C12H16N4O/c1-3-16(4-2)11-7-10(14-12(13)15-11)9-5-6-17-8-9/h5-8H,3-4H2,1-2H3,(H2,13,14,15). The zero-order valence-corrected chi connectivity index (χ0v) is 10.1. The average molecular weight is 232 g/mol. The lowest BCUT2D eigenvalue weighted by Crippen LogP contribution is -2.23. The van der Waals surface area contributed by atoms with Gasteiger partial charge < -0.3 is 15.1 Å². The number of anilines is 2. The molecule has 0 aliphatic rings. The fourth-order valence-electron chi connectivity index (χ4n) is 1.72. The lowest BCUT2D eigenvalue weighted by atomic mass is 10.2. The molecule has 0 amide bonds. The highest BCUT2D eigenvalue weighted by molar-refractivity contribution is 5.63. The average Bonchev–Trinajstić information content (AvgIpc) is 2.83. The van der Waals surface area contributed by atoms with Gasteiger partial charge in [-0.1, -0.05) is 0 Å². The largest absolute Gasteiger partial charge is 0.472 e. The maximum atomic E-state index is 5.73. The van der Waals surface area contributed by atoms with E-state index in [2.05, 4.69) is 28.7 Å². The van der Waals surface area contributed by atoms with Gasteiger partial charge in [0, 0.05) is 24.7 Å². The van der Waals surface area contributed by atoms with Crippen LogP contribution in [-0.4, -0.2) is 23.1 Å². The molecule has 2 N–H and O–H groups in total. The molecule has 2 aromatic heterocycles. The Morgan fingerprint density at radius 1 is 1.29 bits per heavy atom. The molecule has 2 aromatic rings. The van der Waals surface area contributed by atoms with Crippen LogP contribution in [0.5, 0.6) is 0 Å². The first kappa shape index (κ1) is 11.4. The second kappa shape index (κ2) is 4.86. The lowest BCUT2D eigenvalue weighted by molar-refractivity contribution is 0.568. The summed E-state index contributed by atoms with van der Waals surface area (Å²) in [5, 5.41) is 0. The Kier molecular flexibility index (Phi) is 3.27. The number of nitrogen functional groups attached to an aromatic ring is 1. The van der Waals surface area contributed by atoms with Gasteiger partial charge in [0.2, 0.25) is 5.95 Å². The first-order chi connectivity index (χ1) is 8.24. The molecule has 2 heterocycles. The van der Waals surface area contributed by atoms with Gasteiger partial charge in [-0.25, -0.2) is 4.98 Å². The van der Waals surface area contributed by atoms with E-state index in [1.54, 1.807) is 12.5 Å².